The number of aromatic hydroxyl groups is 2. The fraction of sp³-hybridized carbons (Fsp3) is 0.471. The quantitative estimate of drug-likeness (QED) is 0.210. The van der Waals surface area contributed by atoms with Crippen molar-refractivity contribution in [2.75, 3.05) is 28.4 Å². The molecule has 1 heterocycles. The molecule has 16 nitrogen and oxygen atoms in total. The average molecular weight is 855 g/mol. The summed E-state index contributed by atoms with van der Waals surface area (Å²) in [5.41, 5.74) is -10.6. The van der Waals surface area contributed by atoms with Crippen molar-refractivity contribution in [3.8, 4) is 11.5 Å². The summed E-state index contributed by atoms with van der Waals surface area (Å²) in [5.74, 6) is -7.86. The van der Waals surface area contributed by atoms with E-state index in [-0.39, 0.29) is 15.6 Å². The largest absolute Gasteiger partial charge is 0.507 e. The zero-order chi connectivity index (χ0) is 38.5. The van der Waals surface area contributed by atoms with E-state index in [0.29, 0.717) is 0 Å². The number of rotatable bonds is 5. The molecule has 0 amide bonds. The number of methoxy groups -OCH3 is 4. The maximum absolute atomic E-state index is 14.7. The molecule has 2 aromatic carbocycles. The summed E-state index contributed by atoms with van der Waals surface area (Å²) >= 11 is 6.47. The molecule has 0 bridgehead atoms. The maximum Gasteiger partial charge on any atom is 0.341 e. The molecule has 1 aliphatic heterocycles. The number of aliphatic imine (C=N–C) groups is 1. The highest BCUT2D eigenvalue weighted by Crippen LogP contribution is 2.58. The van der Waals surface area contributed by atoms with Gasteiger partial charge in [-0.2, -0.15) is 0 Å². The van der Waals surface area contributed by atoms with Crippen LogP contribution < -0.4 is 0 Å². The molecular weight excluding hydrogens is 822 g/mol. The second-order valence-corrected chi connectivity index (χ2v) is 14.5. The van der Waals surface area contributed by atoms with Crippen LogP contribution in [-0.2, 0) is 35.7 Å². The minimum absolute atomic E-state index is 0.0489. The van der Waals surface area contributed by atoms with Crippen LogP contribution in [0.15, 0.2) is 15.5 Å². The molecule has 52 heavy (non-hydrogen) atoms. The number of ether oxygens (including phenoxy) is 5. The van der Waals surface area contributed by atoms with Crippen LogP contribution in [0.5, 0.6) is 11.5 Å². The van der Waals surface area contributed by atoms with E-state index in [1.54, 1.807) is 6.92 Å². The minimum Gasteiger partial charge on any atom is -0.507 e. The Balaban J connectivity index is 1.59. The van der Waals surface area contributed by atoms with Crippen molar-refractivity contribution in [2.24, 2.45) is 4.99 Å². The molecular formula is C34H33Br2NO15. The lowest BCUT2D eigenvalue weighted by atomic mass is 9.56. The maximum atomic E-state index is 14.7. The van der Waals surface area contributed by atoms with E-state index < -0.39 is 139 Å². The zero-order valence-electron chi connectivity index (χ0n) is 28.3. The van der Waals surface area contributed by atoms with Gasteiger partial charge in [0.15, 0.2) is 23.2 Å². The summed E-state index contributed by atoms with van der Waals surface area (Å²) in [6, 6.07) is 0.826. The molecule has 0 saturated carbocycles. The van der Waals surface area contributed by atoms with Gasteiger partial charge in [0.25, 0.3) is 0 Å². The van der Waals surface area contributed by atoms with Crippen molar-refractivity contribution in [1.82, 2.24) is 0 Å². The number of benzene rings is 2. The number of phenols is 2. The number of aliphatic hydroxyl groups excluding tert-OH is 2. The molecule has 0 spiro atoms. The number of fused-ring (bicyclic) bond motifs is 5. The van der Waals surface area contributed by atoms with Gasteiger partial charge in [0, 0.05) is 48.9 Å². The molecule has 3 aliphatic carbocycles. The van der Waals surface area contributed by atoms with Gasteiger partial charge in [-0.05, 0) is 31.0 Å². The van der Waals surface area contributed by atoms with E-state index in [0.717, 1.165) is 20.3 Å². The van der Waals surface area contributed by atoms with Gasteiger partial charge in [0.2, 0.25) is 17.3 Å². The molecule has 9 atom stereocenters. The predicted molar refractivity (Wildman–Crippen MR) is 183 cm³/mol. The molecule has 1 saturated heterocycles. The molecule has 1 fully saturated rings. The van der Waals surface area contributed by atoms with Crippen molar-refractivity contribution in [3.63, 3.8) is 0 Å². The highest BCUT2D eigenvalue weighted by atomic mass is 79.9. The Morgan fingerprint density at radius 3 is 2.19 bits per heavy atom. The molecule has 0 aromatic heterocycles. The topological polar surface area (TPSA) is 245 Å². The third-order valence-electron chi connectivity index (χ3n) is 10.4. The lowest BCUT2D eigenvalue weighted by Crippen LogP contribution is -2.73. The number of hydrogen-bond donors (Lipinski definition) is 5. The third-order valence-corrected chi connectivity index (χ3v) is 12.4. The van der Waals surface area contributed by atoms with E-state index >= 15 is 0 Å². The Morgan fingerprint density at radius 1 is 0.981 bits per heavy atom. The number of hydrogen-bond acceptors (Lipinski definition) is 16. The Labute approximate surface area is 311 Å². The molecule has 5 N–H and O–H groups in total. The summed E-state index contributed by atoms with van der Waals surface area (Å²) in [6.45, 7) is 3.02. The van der Waals surface area contributed by atoms with Gasteiger partial charge in [0.1, 0.15) is 45.9 Å². The Morgan fingerprint density at radius 2 is 1.62 bits per heavy atom. The van der Waals surface area contributed by atoms with Gasteiger partial charge in [-0.3, -0.25) is 19.2 Å². The lowest BCUT2D eigenvalue weighted by Gasteiger charge is -2.53. The van der Waals surface area contributed by atoms with E-state index in [1.807, 2.05) is 0 Å². The van der Waals surface area contributed by atoms with Crippen LogP contribution in [0.3, 0.4) is 0 Å². The fourth-order valence-electron chi connectivity index (χ4n) is 7.91. The normalized spacial score (nSPS) is 33.4. The van der Waals surface area contributed by atoms with Gasteiger partial charge in [-0.1, -0.05) is 31.9 Å². The Hall–Kier alpha value is -3.46. The number of esters is 1. The first kappa shape index (κ1) is 38.3. The van der Waals surface area contributed by atoms with Crippen molar-refractivity contribution in [1.29, 1.82) is 0 Å². The molecule has 2 aromatic rings. The monoisotopic (exact) mass is 853 g/mol. The smallest absolute Gasteiger partial charge is 0.341 e. The number of Topliss-reactive ketones (excluding diaryl/α,β-unsaturated/α-hetero) is 4. The number of aliphatic hydroxyl groups is 3. The van der Waals surface area contributed by atoms with Crippen molar-refractivity contribution >= 4 is 66.7 Å². The van der Waals surface area contributed by atoms with Gasteiger partial charge < -0.3 is 49.2 Å². The van der Waals surface area contributed by atoms with Crippen LogP contribution in [0.25, 0.3) is 0 Å². The first-order valence-corrected chi connectivity index (χ1v) is 17.4. The van der Waals surface area contributed by atoms with Crippen LogP contribution in [0.4, 0.5) is 0 Å². The Bertz CT molecular complexity index is 2010. The second kappa shape index (κ2) is 13.1. The molecule has 6 rings (SSSR count). The average Bonchev–Trinajstić information content (AvgIpc) is 3.10. The number of halogens is 2. The molecule has 0 radical (unpaired) electrons. The number of ketones is 4. The van der Waals surface area contributed by atoms with Crippen molar-refractivity contribution < 1.29 is 73.2 Å². The van der Waals surface area contributed by atoms with E-state index in [1.165, 1.54) is 21.1 Å². The number of carbonyl (C=O) groups excluding carboxylic acids is 5. The molecule has 1 unspecified atom stereocenters. The number of alkyl halides is 1. The van der Waals surface area contributed by atoms with Gasteiger partial charge in [-0.15, -0.1) is 0 Å². The summed E-state index contributed by atoms with van der Waals surface area (Å²) in [6.07, 6.45) is -7.83. The summed E-state index contributed by atoms with van der Waals surface area (Å²) in [7, 11) is 4.57. The molecule has 4 aliphatic rings. The van der Waals surface area contributed by atoms with Crippen LogP contribution in [0, 0.1) is 6.92 Å². The van der Waals surface area contributed by atoms with E-state index in [2.05, 4.69) is 36.9 Å². The van der Waals surface area contributed by atoms with Crippen LogP contribution >= 0.6 is 31.9 Å². The van der Waals surface area contributed by atoms with Crippen LogP contribution in [0.2, 0.25) is 0 Å². The van der Waals surface area contributed by atoms with Crippen molar-refractivity contribution in [3.05, 3.63) is 55.0 Å². The molecule has 18 heteroatoms. The SMILES string of the molecule is COC(=O)c1c(C)c(Br)c2c(c1O)[C@]1(O)C(=O)c3cc4c(c(O)c3C(=O)[C@]1(OC)[C@H](O)C2)C(=O)C(Br)C(=N[C@H]1O[C@@H](C)[C@H](OC)[C@@H](O)[C@H]1OC)C4=O. The van der Waals surface area contributed by atoms with Crippen molar-refractivity contribution in [2.45, 2.75) is 73.0 Å². The molecule has 278 valence electrons. The van der Waals surface area contributed by atoms with E-state index in [9.17, 15) is 49.5 Å². The number of nitrogens with zero attached hydrogens (tertiary/aromatic N) is 1. The summed E-state index contributed by atoms with van der Waals surface area (Å²) in [4.78, 5) is 72.9. The number of phenolic OH excluding ortho intramolecular Hbond substituents is 2. The highest BCUT2D eigenvalue weighted by Gasteiger charge is 2.73. The summed E-state index contributed by atoms with van der Waals surface area (Å²) < 4.78 is 27.0. The lowest BCUT2D eigenvalue weighted by molar-refractivity contribution is -0.228. The zero-order valence-corrected chi connectivity index (χ0v) is 31.5. The van der Waals surface area contributed by atoms with E-state index in [4.69, 9.17) is 23.7 Å². The van der Waals surface area contributed by atoms with Gasteiger partial charge in [-0.25, -0.2) is 9.79 Å². The van der Waals surface area contributed by atoms with Crippen LogP contribution in [0.1, 0.15) is 75.4 Å². The first-order chi connectivity index (χ1) is 24.4. The fourth-order valence-corrected chi connectivity index (χ4v) is 9.03. The summed E-state index contributed by atoms with van der Waals surface area (Å²) in [5, 5.41) is 58.1. The minimum atomic E-state index is -3.29. The predicted octanol–water partition coefficient (Wildman–Crippen LogP) is 1.24. The standard InChI is InChI=1S/C34H33Br2NO15/c1-9-15(32(46)50-5)24(41)18-13(19(9)35)8-14(38)34(51-6)30(45)17-12(29(44)33(18,34)47)7-11-16(23(17)40)25(42)20(36)21(22(11)39)37-31-28(49-4)26(43)27(48-3)10(2)52-31/h7,10,14,20,26-28,31,38,40-41,43,47H,8H2,1-6H3/t10-,14+,20?,26+,27-,28+,31-,33-,34+/m0/s1. The Kier molecular flexibility index (Phi) is 9.67. The van der Waals surface area contributed by atoms with Crippen LogP contribution in [-0.4, -0.2) is 136 Å². The number of carbonyl (C=O) groups is 5. The highest BCUT2D eigenvalue weighted by molar-refractivity contribution is 9.10. The second-order valence-electron chi connectivity index (χ2n) is 12.8. The van der Waals surface area contributed by atoms with Gasteiger partial charge in [0.05, 0.1) is 30.4 Å². The first-order valence-electron chi connectivity index (χ1n) is 15.7. The third kappa shape index (κ3) is 4.75. The van der Waals surface area contributed by atoms with Gasteiger partial charge >= 0.3 is 5.97 Å².